The van der Waals surface area contributed by atoms with Gasteiger partial charge < -0.3 is 15.4 Å². The zero-order valence-electron chi connectivity index (χ0n) is 15.7. The zero-order chi connectivity index (χ0) is 20.7. The molecule has 0 radical (unpaired) electrons. The lowest BCUT2D eigenvalue weighted by atomic mass is 9.96. The molecule has 2 aromatic rings. The summed E-state index contributed by atoms with van der Waals surface area (Å²) in [4.78, 5) is 18.2. The van der Waals surface area contributed by atoms with Crippen molar-refractivity contribution in [3.63, 3.8) is 0 Å². The first kappa shape index (κ1) is 19.3. The molecule has 154 valence electrons. The van der Waals surface area contributed by atoms with E-state index < -0.39 is 30.2 Å². The van der Waals surface area contributed by atoms with Crippen LogP contribution in [0.3, 0.4) is 0 Å². The number of halogens is 3. The lowest BCUT2D eigenvalue weighted by Crippen LogP contribution is -2.33. The Hall–Kier alpha value is -3.04. The van der Waals surface area contributed by atoms with Crippen LogP contribution in [-0.4, -0.2) is 52.1 Å². The summed E-state index contributed by atoms with van der Waals surface area (Å²) in [7, 11) is 0. The van der Waals surface area contributed by atoms with Gasteiger partial charge in [-0.25, -0.2) is 27.5 Å². The summed E-state index contributed by atoms with van der Waals surface area (Å²) in [5.74, 6) is -0.957. The van der Waals surface area contributed by atoms with Crippen LogP contribution < -0.4 is 10.6 Å². The van der Waals surface area contributed by atoms with E-state index in [0.717, 1.165) is 0 Å². The molecule has 1 fully saturated rings. The molecule has 0 saturated carbocycles. The Bertz CT molecular complexity index is 1020. The van der Waals surface area contributed by atoms with Crippen molar-refractivity contribution < 1.29 is 22.7 Å². The van der Waals surface area contributed by atoms with Gasteiger partial charge in [-0.15, -0.1) is 5.10 Å². The maximum atomic E-state index is 14.4. The molecule has 29 heavy (non-hydrogen) atoms. The van der Waals surface area contributed by atoms with Gasteiger partial charge in [-0.3, -0.25) is 0 Å². The first-order valence-corrected chi connectivity index (χ1v) is 9.33. The largest absolute Gasteiger partial charge is 0.462 e. The van der Waals surface area contributed by atoms with E-state index in [1.807, 2.05) is 0 Å². The van der Waals surface area contributed by atoms with E-state index in [0.29, 0.717) is 5.82 Å². The minimum atomic E-state index is -1.31. The molecule has 1 aliphatic heterocycles. The van der Waals surface area contributed by atoms with Gasteiger partial charge in [0, 0.05) is 24.6 Å². The van der Waals surface area contributed by atoms with Crippen LogP contribution in [0, 0.1) is 0 Å². The van der Waals surface area contributed by atoms with Crippen molar-refractivity contribution in [1.29, 1.82) is 0 Å². The highest BCUT2D eigenvalue weighted by Crippen LogP contribution is 2.36. The molecule has 3 heterocycles. The highest BCUT2D eigenvalue weighted by Gasteiger charge is 2.38. The third-order valence-electron chi connectivity index (χ3n) is 5.04. The summed E-state index contributed by atoms with van der Waals surface area (Å²) in [5.41, 5.74) is 6.11. The Labute approximate surface area is 164 Å². The van der Waals surface area contributed by atoms with E-state index in [-0.39, 0.29) is 48.6 Å². The molecule has 0 amide bonds. The molecular formula is C19H20F3N5O2. The predicted molar refractivity (Wildman–Crippen MR) is 101 cm³/mol. The number of rotatable bonds is 4. The van der Waals surface area contributed by atoms with Gasteiger partial charge in [0.15, 0.2) is 11.5 Å². The molecule has 1 saturated heterocycles. The fourth-order valence-corrected chi connectivity index (χ4v) is 3.78. The molecule has 0 aromatic carbocycles. The lowest BCUT2D eigenvalue weighted by molar-refractivity contribution is 0.0529. The van der Waals surface area contributed by atoms with Gasteiger partial charge in [0.05, 0.1) is 19.2 Å². The van der Waals surface area contributed by atoms with Gasteiger partial charge in [-0.05, 0) is 25.1 Å². The number of nitrogens with two attached hydrogens (primary N) is 1. The van der Waals surface area contributed by atoms with Crippen molar-refractivity contribution in [2.75, 3.05) is 23.8 Å². The van der Waals surface area contributed by atoms with Crippen LogP contribution in [0.15, 0.2) is 35.8 Å². The smallest absolute Gasteiger partial charge is 0.345 e. The molecule has 1 unspecified atom stereocenters. The van der Waals surface area contributed by atoms with Crippen molar-refractivity contribution in [3.05, 3.63) is 41.4 Å². The minimum absolute atomic E-state index is 0.00743. The van der Waals surface area contributed by atoms with Gasteiger partial charge >= 0.3 is 5.97 Å². The fourth-order valence-electron chi connectivity index (χ4n) is 3.78. The molecule has 0 spiro atoms. The second-order valence-electron chi connectivity index (χ2n) is 6.96. The van der Waals surface area contributed by atoms with E-state index >= 15 is 0 Å². The summed E-state index contributed by atoms with van der Waals surface area (Å²) in [6, 6.07) is 0.859. The average Bonchev–Trinajstić information content (AvgIpc) is 3.22. The van der Waals surface area contributed by atoms with Crippen LogP contribution in [-0.2, 0) is 4.74 Å². The molecule has 4 rings (SSSR count). The summed E-state index contributed by atoms with van der Waals surface area (Å²) in [6.45, 7) is 1.78. The molecule has 10 heteroatoms. The average molecular weight is 407 g/mol. The number of alkyl halides is 2. The summed E-state index contributed by atoms with van der Waals surface area (Å²) in [5, 5.41) is 4.04. The van der Waals surface area contributed by atoms with Gasteiger partial charge in [0.1, 0.15) is 29.6 Å². The number of carbonyl (C=O) groups is 1. The van der Waals surface area contributed by atoms with E-state index in [2.05, 4.69) is 10.1 Å². The van der Waals surface area contributed by atoms with Crippen molar-refractivity contribution >= 4 is 23.3 Å². The van der Waals surface area contributed by atoms with Crippen molar-refractivity contribution in [3.8, 4) is 0 Å². The monoisotopic (exact) mass is 407 g/mol. The van der Waals surface area contributed by atoms with Crippen LogP contribution in [0.2, 0.25) is 0 Å². The van der Waals surface area contributed by atoms with Crippen molar-refractivity contribution in [2.45, 2.75) is 38.2 Å². The number of hydrogen-bond donors (Lipinski definition) is 1. The standard InChI is InChI=1S/C19H20F3N5O2/c1-2-29-19(28)16-17(23)25-27-6-5-15(24-18(16)27)26-9-11(21)8-14(26)12-7-10(20)3-4-13(12)22/h4-7,10-11,14H,2-3,8-9H2,1H3,(H2,23,25)/t10?,11-,14+/m0/s1. The van der Waals surface area contributed by atoms with Gasteiger partial charge in [-0.2, -0.15) is 0 Å². The number of nitrogen functional groups attached to an aromatic ring is 1. The molecule has 7 nitrogen and oxygen atoms in total. The Kier molecular flexibility index (Phi) is 4.93. The van der Waals surface area contributed by atoms with Crippen LogP contribution in [0.25, 0.3) is 5.65 Å². The Morgan fingerprint density at radius 1 is 1.41 bits per heavy atom. The summed E-state index contributed by atoms with van der Waals surface area (Å²) >= 11 is 0. The third kappa shape index (κ3) is 3.43. The number of fused-ring (bicyclic) bond motifs is 1. The number of anilines is 2. The van der Waals surface area contributed by atoms with Gasteiger partial charge in [-0.1, -0.05) is 0 Å². The normalized spacial score (nSPS) is 24.6. The first-order valence-electron chi connectivity index (χ1n) is 9.33. The summed E-state index contributed by atoms with van der Waals surface area (Å²) in [6.07, 6.45) is 1.33. The topological polar surface area (TPSA) is 85.8 Å². The highest BCUT2D eigenvalue weighted by atomic mass is 19.1. The molecule has 1 aliphatic carbocycles. The maximum Gasteiger partial charge on any atom is 0.345 e. The molecule has 2 aliphatic rings. The predicted octanol–water partition coefficient (Wildman–Crippen LogP) is 2.93. The molecule has 0 bridgehead atoms. The quantitative estimate of drug-likeness (QED) is 0.785. The van der Waals surface area contributed by atoms with Crippen molar-refractivity contribution in [2.24, 2.45) is 0 Å². The van der Waals surface area contributed by atoms with Crippen LogP contribution >= 0.6 is 0 Å². The number of ether oxygens (including phenoxy) is 1. The second-order valence-corrected chi connectivity index (χ2v) is 6.96. The van der Waals surface area contributed by atoms with Gasteiger partial charge in [0.2, 0.25) is 0 Å². The van der Waals surface area contributed by atoms with Crippen LogP contribution in [0.5, 0.6) is 0 Å². The zero-order valence-corrected chi connectivity index (χ0v) is 15.7. The third-order valence-corrected chi connectivity index (χ3v) is 5.04. The molecular weight excluding hydrogens is 387 g/mol. The van der Waals surface area contributed by atoms with Crippen LogP contribution in [0.4, 0.5) is 24.8 Å². The number of hydrogen-bond acceptors (Lipinski definition) is 6. The molecule has 2 N–H and O–H groups in total. The Morgan fingerprint density at radius 3 is 2.97 bits per heavy atom. The lowest BCUT2D eigenvalue weighted by Gasteiger charge is -2.28. The van der Waals surface area contributed by atoms with E-state index in [1.54, 1.807) is 17.9 Å². The van der Waals surface area contributed by atoms with E-state index in [9.17, 15) is 18.0 Å². The van der Waals surface area contributed by atoms with Crippen LogP contribution in [0.1, 0.15) is 30.1 Å². The number of nitrogens with zero attached hydrogens (tertiary/aromatic N) is 4. The fraction of sp³-hybridized carbons (Fsp3) is 0.421. The van der Waals surface area contributed by atoms with Gasteiger partial charge in [0.25, 0.3) is 0 Å². The molecule has 2 aromatic heterocycles. The number of carbonyl (C=O) groups excluding carboxylic acids is 1. The minimum Gasteiger partial charge on any atom is -0.462 e. The SMILES string of the molecule is CCOC(=O)c1c(N)nn2ccc(N3C[C@@H](F)C[C@@H]3C3=CC(F)CC=C3F)nc12. The number of aromatic nitrogens is 3. The summed E-state index contributed by atoms with van der Waals surface area (Å²) < 4.78 is 48.8. The van der Waals surface area contributed by atoms with Crippen molar-refractivity contribution in [1.82, 2.24) is 14.6 Å². The molecule has 3 atom stereocenters. The number of allylic oxidation sites excluding steroid dienone is 2. The Balaban J connectivity index is 1.75. The Morgan fingerprint density at radius 2 is 2.21 bits per heavy atom. The van der Waals surface area contributed by atoms with E-state index in [1.165, 1.54) is 22.9 Å². The van der Waals surface area contributed by atoms with E-state index in [4.69, 9.17) is 10.5 Å². The first-order chi connectivity index (χ1) is 13.9. The maximum absolute atomic E-state index is 14.4. The highest BCUT2D eigenvalue weighted by molar-refractivity contribution is 6.00. The second kappa shape index (κ2) is 7.41. The number of esters is 1.